The summed E-state index contributed by atoms with van der Waals surface area (Å²) in [6.07, 6.45) is 4.92. The van der Waals surface area contributed by atoms with Crippen LogP contribution in [-0.4, -0.2) is 39.1 Å². The van der Waals surface area contributed by atoms with Crippen LogP contribution in [0.3, 0.4) is 0 Å². The molecule has 0 atom stereocenters. The van der Waals surface area contributed by atoms with Gasteiger partial charge in [0.25, 0.3) is 5.91 Å². The number of anilines is 1. The van der Waals surface area contributed by atoms with Crippen LogP contribution < -0.4 is 15.1 Å². The molecule has 26 heavy (non-hydrogen) atoms. The Bertz CT molecular complexity index is 763. The molecule has 1 aromatic carbocycles. The van der Waals surface area contributed by atoms with Crippen LogP contribution in [-0.2, 0) is 19.4 Å². The lowest BCUT2D eigenvalue weighted by molar-refractivity contribution is -1.01. The molecule has 138 valence electrons. The predicted molar refractivity (Wildman–Crippen MR) is 106 cm³/mol. The number of rotatable bonds is 4. The van der Waals surface area contributed by atoms with Gasteiger partial charge in [0.15, 0.2) is 0 Å². The quantitative estimate of drug-likeness (QED) is 0.731. The van der Waals surface area contributed by atoms with Crippen molar-refractivity contribution in [2.24, 2.45) is 0 Å². The fraction of sp³-hybridized carbons (Fsp3) is 0.476. The summed E-state index contributed by atoms with van der Waals surface area (Å²) in [6.45, 7) is 6.00. The number of piperazine rings is 1. The molecular weight excluding hydrogens is 342 g/mol. The highest BCUT2D eigenvalue weighted by Gasteiger charge is 2.27. The first-order chi connectivity index (χ1) is 12.7. The second kappa shape index (κ2) is 7.91. The largest absolute Gasteiger partial charge is 0.328 e. The maximum absolute atomic E-state index is 12.7. The molecule has 0 unspecified atom stereocenters. The van der Waals surface area contributed by atoms with Crippen LogP contribution in [0, 0.1) is 0 Å². The Balaban J connectivity index is 1.57. The fourth-order valence-electron chi connectivity index (χ4n) is 4.14. The van der Waals surface area contributed by atoms with Gasteiger partial charge in [-0.15, -0.1) is 11.3 Å². The summed E-state index contributed by atoms with van der Waals surface area (Å²) in [6, 6.07) is 9.57. The number of carbonyl (C=O) groups excluding carboxylic acids is 1. The Morgan fingerprint density at radius 3 is 2.58 bits per heavy atom. The zero-order valence-corrected chi connectivity index (χ0v) is 16.4. The molecule has 1 fully saturated rings. The van der Waals surface area contributed by atoms with Crippen LogP contribution in [0.15, 0.2) is 30.3 Å². The number of hydrogen-bond acceptors (Lipinski definition) is 2. The van der Waals surface area contributed by atoms with Gasteiger partial charge in [-0.05, 0) is 43.4 Å². The highest BCUT2D eigenvalue weighted by Crippen LogP contribution is 2.38. The Kier molecular flexibility index (Phi) is 5.38. The van der Waals surface area contributed by atoms with E-state index in [0.29, 0.717) is 0 Å². The van der Waals surface area contributed by atoms with Crippen molar-refractivity contribution in [3.05, 3.63) is 51.9 Å². The van der Waals surface area contributed by atoms with Gasteiger partial charge in [0, 0.05) is 16.0 Å². The number of nitrogens with one attached hydrogen (secondary N) is 3. The van der Waals surface area contributed by atoms with E-state index < -0.39 is 0 Å². The lowest BCUT2D eigenvalue weighted by Crippen LogP contribution is -3.26. The molecule has 3 N–H and O–H groups in total. The number of fused-ring (bicyclic) bond motifs is 1. The van der Waals surface area contributed by atoms with Crippen molar-refractivity contribution in [1.29, 1.82) is 0 Å². The number of benzene rings is 1. The third kappa shape index (κ3) is 3.85. The Morgan fingerprint density at radius 2 is 1.81 bits per heavy atom. The molecule has 0 saturated carbocycles. The molecule has 0 spiro atoms. The third-order valence-corrected chi connectivity index (χ3v) is 7.03. The molecule has 1 saturated heterocycles. The number of thiophene rings is 1. The molecule has 0 bridgehead atoms. The molecule has 1 aliphatic carbocycles. The van der Waals surface area contributed by atoms with Gasteiger partial charge in [-0.1, -0.05) is 18.2 Å². The second-order valence-electron chi connectivity index (χ2n) is 7.72. The van der Waals surface area contributed by atoms with Crippen LogP contribution >= 0.6 is 11.3 Å². The van der Waals surface area contributed by atoms with Gasteiger partial charge in [0.1, 0.15) is 37.7 Å². The minimum absolute atomic E-state index is 0.0169. The predicted octanol–water partition coefficient (Wildman–Crippen LogP) is 0.792. The molecule has 4 rings (SSSR count). The van der Waals surface area contributed by atoms with Crippen LogP contribution in [0.2, 0.25) is 0 Å². The highest BCUT2D eigenvalue weighted by atomic mass is 32.1. The molecule has 4 nitrogen and oxygen atoms in total. The summed E-state index contributed by atoms with van der Waals surface area (Å²) in [4.78, 5) is 17.5. The lowest BCUT2D eigenvalue weighted by Gasteiger charge is -2.28. The number of aryl methyl sites for hydroxylation is 1. The average Bonchev–Trinajstić information content (AvgIpc) is 3.01. The SMILES string of the molecule is C[NH+]1CC[NH+](Cc2c(NC(=O)c3ccccc3)sc3c2CCCC3)CC1. The van der Waals surface area contributed by atoms with Gasteiger partial charge in [-0.3, -0.25) is 4.79 Å². The van der Waals surface area contributed by atoms with Crippen LogP contribution in [0.25, 0.3) is 0 Å². The van der Waals surface area contributed by atoms with Gasteiger partial charge < -0.3 is 15.1 Å². The van der Waals surface area contributed by atoms with E-state index in [9.17, 15) is 4.79 Å². The van der Waals surface area contributed by atoms with E-state index >= 15 is 0 Å². The Morgan fingerprint density at radius 1 is 1.08 bits per heavy atom. The van der Waals surface area contributed by atoms with E-state index in [1.165, 1.54) is 62.3 Å². The molecule has 5 heteroatoms. The van der Waals surface area contributed by atoms with E-state index in [0.717, 1.165) is 17.1 Å². The summed E-state index contributed by atoms with van der Waals surface area (Å²) in [5, 5.41) is 4.34. The van der Waals surface area contributed by atoms with Crippen molar-refractivity contribution >= 4 is 22.2 Å². The molecule has 1 aromatic heterocycles. The minimum Gasteiger partial charge on any atom is -0.328 e. The first-order valence-electron chi connectivity index (χ1n) is 9.85. The zero-order chi connectivity index (χ0) is 17.9. The number of amides is 1. The molecule has 2 aromatic rings. The smallest absolute Gasteiger partial charge is 0.256 e. The van der Waals surface area contributed by atoms with Crippen molar-refractivity contribution < 1.29 is 14.6 Å². The third-order valence-electron chi connectivity index (χ3n) is 5.78. The van der Waals surface area contributed by atoms with Gasteiger partial charge in [0.05, 0.1) is 7.05 Å². The van der Waals surface area contributed by atoms with Crippen molar-refractivity contribution in [1.82, 2.24) is 0 Å². The van der Waals surface area contributed by atoms with Crippen molar-refractivity contribution in [2.45, 2.75) is 32.2 Å². The highest BCUT2D eigenvalue weighted by molar-refractivity contribution is 7.16. The first kappa shape index (κ1) is 17.7. The van der Waals surface area contributed by atoms with Gasteiger partial charge >= 0.3 is 0 Å². The summed E-state index contributed by atoms with van der Waals surface area (Å²) < 4.78 is 0. The first-order valence-corrected chi connectivity index (χ1v) is 10.7. The average molecular weight is 372 g/mol. The minimum atomic E-state index is 0.0169. The number of hydrogen-bond donors (Lipinski definition) is 3. The molecule has 1 aliphatic heterocycles. The topological polar surface area (TPSA) is 38.0 Å². The second-order valence-corrected chi connectivity index (χ2v) is 8.83. The molecule has 2 heterocycles. The Hall–Kier alpha value is -1.69. The Labute approximate surface area is 159 Å². The van der Waals surface area contributed by atoms with E-state index in [4.69, 9.17) is 0 Å². The summed E-state index contributed by atoms with van der Waals surface area (Å²) in [5.41, 5.74) is 3.70. The number of carbonyl (C=O) groups is 1. The maximum Gasteiger partial charge on any atom is 0.256 e. The standard InChI is InChI=1S/C21H27N3OS/c1-23-11-13-24(14-12-23)15-18-17-9-5-6-10-19(17)26-21(18)22-20(25)16-7-3-2-4-8-16/h2-4,7-8H,5-6,9-15H2,1H3,(H,22,25)/p+2. The van der Waals surface area contributed by atoms with E-state index in [1.807, 2.05) is 41.7 Å². The van der Waals surface area contributed by atoms with E-state index in [2.05, 4.69) is 12.4 Å². The van der Waals surface area contributed by atoms with Gasteiger partial charge in [-0.25, -0.2) is 0 Å². The monoisotopic (exact) mass is 371 g/mol. The van der Waals surface area contributed by atoms with Crippen molar-refractivity contribution in [2.75, 3.05) is 38.5 Å². The zero-order valence-electron chi connectivity index (χ0n) is 15.6. The fourth-order valence-corrected chi connectivity index (χ4v) is 5.44. The number of quaternary nitrogens is 2. The van der Waals surface area contributed by atoms with Crippen molar-refractivity contribution in [3.8, 4) is 0 Å². The summed E-state index contributed by atoms with van der Waals surface area (Å²) in [5.74, 6) is 0.0169. The summed E-state index contributed by atoms with van der Waals surface area (Å²) >= 11 is 1.82. The lowest BCUT2D eigenvalue weighted by atomic mass is 9.95. The number of likely N-dealkylation sites (N-methyl/N-ethyl adjacent to an activating group) is 1. The summed E-state index contributed by atoms with van der Waals surface area (Å²) in [7, 11) is 2.29. The van der Waals surface area contributed by atoms with Crippen LogP contribution in [0.5, 0.6) is 0 Å². The molecule has 2 aliphatic rings. The van der Waals surface area contributed by atoms with Crippen LogP contribution in [0.1, 0.15) is 39.2 Å². The van der Waals surface area contributed by atoms with Gasteiger partial charge in [-0.2, -0.15) is 0 Å². The van der Waals surface area contributed by atoms with Crippen LogP contribution in [0.4, 0.5) is 5.00 Å². The van der Waals surface area contributed by atoms with E-state index in [1.54, 1.807) is 15.4 Å². The molecule has 1 amide bonds. The van der Waals surface area contributed by atoms with Crippen molar-refractivity contribution in [3.63, 3.8) is 0 Å². The normalized spacial score (nSPS) is 22.7. The van der Waals surface area contributed by atoms with E-state index in [-0.39, 0.29) is 5.91 Å². The van der Waals surface area contributed by atoms with Gasteiger partial charge in [0.2, 0.25) is 0 Å². The maximum atomic E-state index is 12.7. The molecule has 0 radical (unpaired) electrons. The molecular formula is C21H29N3OS+2.